The molecule has 0 aliphatic carbocycles. The third kappa shape index (κ3) is 6.96. The monoisotopic (exact) mass is 331 g/mol. The number of benzene rings is 2. The molecule has 0 fully saturated rings. The first-order chi connectivity index (χ1) is 11.7. The highest BCUT2D eigenvalue weighted by molar-refractivity contribution is 5.50. The van der Waals surface area contributed by atoms with Gasteiger partial charge in [-0.1, -0.05) is 44.2 Å². The molecule has 0 spiro atoms. The minimum Gasteiger partial charge on any atom is -0.496 e. The van der Waals surface area contributed by atoms with Gasteiger partial charge >= 0.3 is 5.69 Å². The first kappa shape index (κ1) is 21.2. The number of ether oxygens (including phenoxy) is 2. The highest BCUT2D eigenvalue weighted by Gasteiger charge is 2.16. The van der Waals surface area contributed by atoms with E-state index >= 15 is 0 Å². The number of rotatable bonds is 6. The Balaban J connectivity index is 0.00000123. The average molecular weight is 331 g/mol. The number of nitro benzene ring substituents is 1. The van der Waals surface area contributed by atoms with Crippen molar-refractivity contribution in [1.82, 2.24) is 0 Å². The van der Waals surface area contributed by atoms with Gasteiger partial charge in [-0.15, -0.1) is 13.2 Å². The molecule has 24 heavy (non-hydrogen) atoms. The molecule has 5 nitrogen and oxygen atoms in total. The molecule has 0 unspecified atom stereocenters. The van der Waals surface area contributed by atoms with Crippen molar-refractivity contribution in [3.8, 4) is 11.5 Å². The lowest BCUT2D eigenvalue weighted by atomic mass is 10.2. The molecule has 0 amide bonds. The van der Waals surface area contributed by atoms with Crippen LogP contribution in [-0.4, -0.2) is 18.6 Å². The van der Waals surface area contributed by atoms with Gasteiger partial charge in [-0.3, -0.25) is 10.1 Å². The summed E-state index contributed by atoms with van der Waals surface area (Å²) in [5, 5.41) is 11.0. The molecule has 0 aliphatic heterocycles. The van der Waals surface area contributed by atoms with E-state index in [-0.39, 0.29) is 11.4 Å². The van der Waals surface area contributed by atoms with Crippen LogP contribution in [0, 0.1) is 10.1 Å². The number of hydrogen-bond acceptors (Lipinski definition) is 4. The molecular formula is C19H25NO4. The van der Waals surface area contributed by atoms with Crippen molar-refractivity contribution in [1.29, 1.82) is 0 Å². The lowest BCUT2D eigenvalue weighted by Crippen LogP contribution is -2.03. The second-order valence-electron chi connectivity index (χ2n) is 4.17. The Kier molecular flexibility index (Phi) is 11.2. The van der Waals surface area contributed by atoms with Crippen LogP contribution >= 0.6 is 0 Å². The molecule has 0 saturated heterocycles. The van der Waals surface area contributed by atoms with Crippen molar-refractivity contribution in [3.63, 3.8) is 0 Å². The molecule has 0 bridgehead atoms. The average Bonchev–Trinajstić information content (AvgIpc) is 2.66. The second-order valence-corrected chi connectivity index (χ2v) is 4.17. The summed E-state index contributed by atoms with van der Waals surface area (Å²) >= 11 is 0. The van der Waals surface area contributed by atoms with Gasteiger partial charge in [-0.05, 0) is 17.7 Å². The largest absolute Gasteiger partial charge is 0.496 e. The fourth-order valence-corrected chi connectivity index (χ4v) is 1.81. The van der Waals surface area contributed by atoms with Gasteiger partial charge in [0, 0.05) is 6.42 Å². The normalized spacial score (nSPS) is 8.79. The molecule has 130 valence electrons. The van der Waals surface area contributed by atoms with Gasteiger partial charge in [0.05, 0.1) is 24.7 Å². The Morgan fingerprint density at radius 3 is 2.25 bits per heavy atom. The first-order valence-electron chi connectivity index (χ1n) is 7.70. The maximum Gasteiger partial charge on any atom is 0.314 e. The van der Waals surface area contributed by atoms with Crippen LogP contribution in [0.3, 0.4) is 0 Å². The van der Waals surface area contributed by atoms with Crippen molar-refractivity contribution in [2.45, 2.75) is 20.3 Å². The number of hydrogen-bond donors (Lipinski definition) is 0. The van der Waals surface area contributed by atoms with Crippen molar-refractivity contribution in [3.05, 3.63) is 77.4 Å². The summed E-state index contributed by atoms with van der Waals surface area (Å²) in [7, 11) is 1.47. The van der Waals surface area contributed by atoms with E-state index in [9.17, 15) is 10.1 Å². The van der Waals surface area contributed by atoms with Crippen LogP contribution in [0.2, 0.25) is 0 Å². The third-order valence-corrected chi connectivity index (χ3v) is 2.85. The molecule has 0 aromatic heterocycles. The van der Waals surface area contributed by atoms with Crippen LogP contribution in [0.5, 0.6) is 11.5 Å². The number of nitrogens with zero attached hydrogens (tertiary/aromatic N) is 1. The summed E-state index contributed by atoms with van der Waals surface area (Å²) < 4.78 is 10.5. The van der Waals surface area contributed by atoms with Crippen molar-refractivity contribution < 1.29 is 14.4 Å². The fraction of sp³-hybridized carbons (Fsp3) is 0.263. The quantitative estimate of drug-likeness (QED) is 0.422. The molecule has 0 radical (unpaired) electrons. The highest BCUT2D eigenvalue weighted by Crippen LogP contribution is 2.31. The van der Waals surface area contributed by atoms with Crippen LogP contribution < -0.4 is 9.47 Å². The van der Waals surface area contributed by atoms with Crippen LogP contribution in [0.25, 0.3) is 0 Å². The molecule has 2 aromatic carbocycles. The van der Waals surface area contributed by atoms with Crippen LogP contribution in [0.15, 0.2) is 61.7 Å². The first-order valence-corrected chi connectivity index (χ1v) is 7.70. The lowest BCUT2D eigenvalue weighted by molar-refractivity contribution is -0.385. The zero-order valence-electron chi connectivity index (χ0n) is 14.5. The topological polar surface area (TPSA) is 61.6 Å². The van der Waals surface area contributed by atoms with Gasteiger partial charge < -0.3 is 9.47 Å². The lowest BCUT2D eigenvalue weighted by Gasteiger charge is -2.08. The Morgan fingerprint density at radius 1 is 1.08 bits per heavy atom. The zero-order valence-corrected chi connectivity index (χ0v) is 14.5. The van der Waals surface area contributed by atoms with Crippen molar-refractivity contribution in [2.24, 2.45) is 0 Å². The Morgan fingerprint density at radius 2 is 1.71 bits per heavy atom. The fourth-order valence-electron chi connectivity index (χ4n) is 1.81. The zero-order chi connectivity index (χ0) is 18.4. The van der Waals surface area contributed by atoms with E-state index in [0.717, 1.165) is 5.56 Å². The smallest absolute Gasteiger partial charge is 0.314 e. The molecule has 5 heteroatoms. The highest BCUT2D eigenvalue weighted by atomic mass is 16.6. The van der Waals surface area contributed by atoms with Gasteiger partial charge in [0.2, 0.25) is 0 Å². The molecule has 0 N–H and O–H groups in total. The maximum atomic E-state index is 11.0. The number of methoxy groups -OCH3 is 1. The van der Waals surface area contributed by atoms with Gasteiger partial charge in [-0.25, -0.2) is 0 Å². The maximum absolute atomic E-state index is 11.0. The van der Waals surface area contributed by atoms with Crippen LogP contribution in [-0.2, 0) is 6.42 Å². The SMILES string of the molecule is C=C.CC.COc1ccc(OCCc2ccccc2)c([N+](=O)[O-])c1. The second kappa shape index (κ2) is 12.7. The predicted octanol–water partition coefficient (Wildman–Crippen LogP) is 5.05. The van der Waals surface area contributed by atoms with Crippen molar-refractivity contribution in [2.75, 3.05) is 13.7 Å². The van der Waals surface area contributed by atoms with Crippen LogP contribution in [0.1, 0.15) is 19.4 Å². The van der Waals surface area contributed by atoms with Crippen molar-refractivity contribution >= 4 is 5.69 Å². The molecule has 2 aromatic rings. The summed E-state index contributed by atoms with van der Waals surface area (Å²) in [5.41, 5.74) is 1.04. The van der Waals surface area contributed by atoms with Gasteiger partial charge in [0.25, 0.3) is 0 Å². The van der Waals surface area contributed by atoms with Gasteiger partial charge in [0.1, 0.15) is 5.75 Å². The van der Waals surface area contributed by atoms with E-state index in [1.807, 2.05) is 44.2 Å². The van der Waals surface area contributed by atoms with Gasteiger partial charge in [-0.2, -0.15) is 0 Å². The van der Waals surface area contributed by atoms with E-state index in [2.05, 4.69) is 13.2 Å². The summed E-state index contributed by atoms with van der Waals surface area (Å²) in [6.07, 6.45) is 0.698. The summed E-state index contributed by atoms with van der Waals surface area (Å²) in [4.78, 5) is 10.5. The molecule has 0 heterocycles. The molecule has 2 rings (SSSR count). The van der Waals surface area contributed by atoms with E-state index in [0.29, 0.717) is 18.8 Å². The van der Waals surface area contributed by atoms with Gasteiger partial charge in [0.15, 0.2) is 5.75 Å². The Labute approximate surface area is 143 Å². The molecule has 0 saturated carbocycles. The predicted molar refractivity (Wildman–Crippen MR) is 97.9 cm³/mol. The number of nitro groups is 1. The standard InChI is InChI=1S/C15H15NO4.C2H6.C2H4/c1-19-13-7-8-15(14(11-13)16(17)18)20-10-9-12-5-3-2-4-6-12;2*1-2/h2-8,11H,9-10H2,1H3;1-2H3;1-2H2. The minimum absolute atomic E-state index is 0.0857. The van der Waals surface area contributed by atoms with E-state index < -0.39 is 4.92 Å². The summed E-state index contributed by atoms with van der Waals surface area (Å²) in [6, 6.07) is 14.4. The van der Waals surface area contributed by atoms with E-state index in [4.69, 9.17) is 9.47 Å². The van der Waals surface area contributed by atoms with E-state index in [1.54, 1.807) is 12.1 Å². The molecular weight excluding hydrogens is 306 g/mol. The Hall–Kier alpha value is -2.82. The molecule has 0 atom stereocenters. The Bertz CT molecular complexity index is 600. The molecule has 0 aliphatic rings. The summed E-state index contributed by atoms with van der Waals surface area (Å²) in [5.74, 6) is 0.693. The van der Waals surface area contributed by atoms with Crippen LogP contribution in [0.4, 0.5) is 5.69 Å². The third-order valence-electron chi connectivity index (χ3n) is 2.85. The minimum atomic E-state index is -0.472. The van der Waals surface area contributed by atoms with E-state index in [1.165, 1.54) is 13.2 Å². The summed E-state index contributed by atoms with van der Waals surface area (Å²) in [6.45, 7) is 10.4.